The van der Waals surface area contributed by atoms with E-state index in [1.807, 2.05) is 11.9 Å². The number of rotatable bonds is 12. The van der Waals surface area contributed by atoms with E-state index in [-0.39, 0.29) is 77.5 Å². The number of nitrogens with one attached hydrogen (secondary N) is 2. The summed E-state index contributed by atoms with van der Waals surface area (Å²) in [7, 11) is 1.96. The molecule has 10 rings (SSSR count). The van der Waals surface area contributed by atoms with Gasteiger partial charge in [-0.25, -0.2) is 4.79 Å². The zero-order chi connectivity index (χ0) is 45.0. The molecule has 2 N–H and O–H groups in total. The highest BCUT2D eigenvalue weighted by molar-refractivity contribution is 8.00. The van der Waals surface area contributed by atoms with Crippen molar-refractivity contribution in [3.05, 3.63) is 0 Å². The zero-order valence-corrected chi connectivity index (χ0v) is 40.3. The lowest BCUT2D eigenvalue weighted by atomic mass is 9.49. The molecule has 13 nitrogen and oxygen atoms in total. The third-order valence-corrected chi connectivity index (χ3v) is 19.1. The van der Waals surface area contributed by atoms with E-state index in [0.717, 1.165) is 103 Å². The molecule has 0 radical (unpaired) electrons. The van der Waals surface area contributed by atoms with Crippen LogP contribution in [0.4, 0.5) is 4.79 Å². The number of imide groups is 1. The molecule has 14 heteroatoms. The number of hydrogen-bond acceptors (Lipinski definition) is 10. The van der Waals surface area contributed by atoms with Crippen LogP contribution in [0.3, 0.4) is 0 Å². The predicted octanol–water partition coefficient (Wildman–Crippen LogP) is 9.10. The second-order valence-corrected chi connectivity index (χ2v) is 23.7. The van der Waals surface area contributed by atoms with E-state index in [4.69, 9.17) is 19.2 Å². The number of thioether (sulfide) groups is 1. The summed E-state index contributed by atoms with van der Waals surface area (Å²) in [5.41, 5.74) is -0.277. The SMILES string of the molecule is CN(C(=O)CCSC1CC(=O)N(CC2CCC(C(=O)NCC3CCC3)CC2)C1=O)C12CC3CC(C1)C1(OO[C@@]4(CCCC(OC(=O)NC5CCCCCCCCCCCC5)C4)O1)C(C3)C2. The fraction of sp³-hybridized carbons (Fsp3) is 0.902. The summed E-state index contributed by atoms with van der Waals surface area (Å²) < 4.78 is 13.2. The molecule has 2 spiro atoms. The van der Waals surface area contributed by atoms with Crippen molar-refractivity contribution in [1.82, 2.24) is 20.4 Å². The highest BCUT2D eigenvalue weighted by Crippen LogP contribution is 2.66. The van der Waals surface area contributed by atoms with Crippen molar-refractivity contribution in [1.29, 1.82) is 0 Å². The fourth-order valence-corrected chi connectivity index (χ4v) is 15.1. The highest BCUT2D eigenvalue weighted by Gasteiger charge is 2.71. The third-order valence-electron chi connectivity index (χ3n) is 17.9. The van der Waals surface area contributed by atoms with Gasteiger partial charge in [0.15, 0.2) is 0 Å². The summed E-state index contributed by atoms with van der Waals surface area (Å²) in [4.78, 5) is 82.7. The van der Waals surface area contributed by atoms with Gasteiger partial charge in [0.05, 0.1) is 5.25 Å². The maximum absolute atomic E-state index is 14.0. The Bertz CT molecular complexity index is 1670. The maximum atomic E-state index is 14.0. The van der Waals surface area contributed by atoms with Gasteiger partial charge in [-0.3, -0.25) is 24.1 Å². The Kier molecular flexibility index (Phi) is 15.4. The maximum Gasteiger partial charge on any atom is 0.407 e. The molecule has 5 atom stereocenters. The monoisotopic (exact) mass is 925 g/mol. The number of hydrogen-bond donors (Lipinski definition) is 2. The van der Waals surface area contributed by atoms with E-state index >= 15 is 0 Å². The first-order valence-electron chi connectivity index (χ1n) is 26.6. The van der Waals surface area contributed by atoms with Crippen molar-refractivity contribution >= 4 is 41.5 Å². The van der Waals surface area contributed by atoms with Gasteiger partial charge in [0.2, 0.25) is 35.2 Å². The average Bonchev–Trinajstić information content (AvgIpc) is 3.77. The number of nitrogens with zero attached hydrogens (tertiary/aromatic N) is 2. The van der Waals surface area contributed by atoms with E-state index < -0.39 is 16.8 Å². The van der Waals surface area contributed by atoms with Crippen LogP contribution in [-0.2, 0) is 38.4 Å². The van der Waals surface area contributed by atoms with Gasteiger partial charge in [0, 0.05) is 80.9 Å². The molecule has 0 aromatic heterocycles. The molecule has 10 aliphatic rings. The second kappa shape index (κ2) is 21.1. The number of likely N-dealkylation sites (tertiary alicyclic amines) is 1. The van der Waals surface area contributed by atoms with E-state index in [0.29, 0.717) is 43.4 Å². The zero-order valence-electron chi connectivity index (χ0n) is 39.5. The number of amides is 5. The molecule has 4 bridgehead atoms. The Morgan fingerprint density at radius 3 is 2.11 bits per heavy atom. The predicted molar refractivity (Wildman–Crippen MR) is 247 cm³/mol. The smallest absolute Gasteiger partial charge is 0.407 e. The molecular weight excluding hydrogens is 845 g/mol. The van der Waals surface area contributed by atoms with Gasteiger partial charge in [-0.1, -0.05) is 70.6 Å². The van der Waals surface area contributed by atoms with Gasteiger partial charge in [-0.15, -0.1) is 11.8 Å². The van der Waals surface area contributed by atoms with E-state index in [1.54, 1.807) is 0 Å². The van der Waals surface area contributed by atoms with Gasteiger partial charge in [-0.2, -0.15) is 9.78 Å². The van der Waals surface area contributed by atoms with Crippen LogP contribution >= 0.6 is 11.8 Å². The molecule has 0 aromatic rings. The molecule has 0 aromatic carbocycles. The molecule has 2 heterocycles. The standard InChI is InChI=1S/C51H80N4O9S/c1-54(44(56)23-25-65-43-28-45(57)55(47(43)59)34-36-19-21-38(22-20-36)46(58)52-33-35-14-12-15-35)49-29-37-26-39(30-49)51(40(27-37)31-49)62-50(63-64-51)24-13-18-42(32-50)61-48(60)53-41-16-10-8-6-4-2-3-5-7-9-11-17-41/h35-43H,2-34H2,1H3,(H,52,58)(H,53,60)/t36?,37?,38?,39?,40?,42?,43?,49?,50-,51?/m1/s1. The van der Waals surface area contributed by atoms with Gasteiger partial charge < -0.3 is 25.0 Å². The second-order valence-electron chi connectivity index (χ2n) is 22.4. The number of carbonyl (C=O) groups excluding carboxylic acids is 5. The van der Waals surface area contributed by atoms with Crippen LogP contribution in [0.15, 0.2) is 0 Å². The van der Waals surface area contributed by atoms with Crippen LogP contribution in [0, 0.1) is 35.5 Å². The Labute approximate surface area is 392 Å². The minimum Gasteiger partial charge on any atom is -0.446 e. The van der Waals surface area contributed by atoms with Crippen molar-refractivity contribution < 1.29 is 43.2 Å². The first kappa shape index (κ1) is 47.6. The molecule has 4 unspecified atom stereocenters. The van der Waals surface area contributed by atoms with Crippen LogP contribution in [0.25, 0.3) is 0 Å². The normalized spacial score (nSPS) is 38.2. The van der Waals surface area contributed by atoms with Crippen molar-refractivity contribution in [3.8, 4) is 0 Å². The Morgan fingerprint density at radius 1 is 0.769 bits per heavy atom. The number of carbonyl (C=O) groups is 5. The van der Waals surface area contributed by atoms with Gasteiger partial charge >= 0.3 is 6.09 Å². The summed E-state index contributed by atoms with van der Waals surface area (Å²) >= 11 is 1.44. The molecule has 5 amide bonds. The van der Waals surface area contributed by atoms with Crippen LogP contribution in [0.1, 0.15) is 193 Å². The van der Waals surface area contributed by atoms with Gasteiger partial charge in [-0.05, 0) is 114 Å². The van der Waals surface area contributed by atoms with Gasteiger partial charge in [0.25, 0.3) is 0 Å². The molecular formula is C51H80N4O9S. The molecule has 65 heavy (non-hydrogen) atoms. The van der Waals surface area contributed by atoms with Crippen molar-refractivity contribution in [2.24, 2.45) is 35.5 Å². The summed E-state index contributed by atoms with van der Waals surface area (Å²) in [6.07, 6.45) is 28.8. The minimum atomic E-state index is -0.948. The summed E-state index contributed by atoms with van der Waals surface area (Å²) in [6.45, 7) is 1.23. The van der Waals surface area contributed by atoms with Crippen LogP contribution in [0.2, 0.25) is 0 Å². The first-order valence-corrected chi connectivity index (χ1v) is 27.6. The quantitative estimate of drug-likeness (QED) is 0.143. The largest absolute Gasteiger partial charge is 0.446 e. The molecule has 364 valence electrons. The first-order chi connectivity index (χ1) is 31.5. The third kappa shape index (κ3) is 10.9. The Morgan fingerprint density at radius 2 is 1.45 bits per heavy atom. The molecule has 2 saturated heterocycles. The minimum absolute atomic E-state index is 0.0336. The van der Waals surface area contributed by atoms with Crippen molar-refractivity contribution in [2.45, 2.75) is 227 Å². The molecule has 10 fully saturated rings. The summed E-state index contributed by atoms with van der Waals surface area (Å²) in [6, 6.07) is 0.151. The van der Waals surface area contributed by atoms with Crippen molar-refractivity contribution in [3.63, 3.8) is 0 Å². The number of alkyl carbamates (subject to hydrolysis) is 1. The lowest BCUT2D eigenvalue weighted by Crippen LogP contribution is -2.69. The van der Waals surface area contributed by atoms with Gasteiger partial charge in [0.1, 0.15) is 6.10 Å². The highest BCUT2D eigenvalue weighted by atomic mass is 32.2. The van der Waals surface area contributed by atoms with Crippen LogP contribution in [-0.4, -0.2) is 99.9 Å². The van der Waals surface area contributed by atoms with Crippen molar-refractivity contribution in [2.75, 3.05) is 25.9 Å². The Balaban J connectivity index is 0.720. The lowest BCUT2D eigenvalue weighted by molar-refractivity contribution is -0.394. The van der Waals surface area contributed by atoms with Crippen LogP contribution < -0.4 is 10.6 Å². The summed E-state index contributed by atoms with van der Waals surface area (Å²) in [5.74, 6) is 0.250. The van der Waals surface area contributed by atoms with E-state index in [1.165, 1.54) is 87.3 Å². The van der Waals surface area contributed by atoms with Crippen LogP contribution in [0.5, 0.6) is 0 Å². The summed E-state index contributed by atoms with van der Waals surface area (Å²) in [5, 5.41) is 5.95. The van der Waals surface area contributed by atoms with E-state index in [9.17, 15) is 24.0 Å². The average molecular weight is 925 g/mol. The molecule has 8 aliphatic carbocycles. The number of ether oxygens (including phenoxy) is 2. The fourth-order valence-electron chi connectivity index (χ4n) is 14.0. The van der Waals surface area contributed by atoms with E-state index in [2.05, 4.69) is 10.6 Å². The Hall–Kier alpha value is -2.42. The molecule has 2 aliphatic heterocycles. The topological polar surface area (TPSA) is 153 Å². The molecule has 8 saturated carbocycles. The lowest BCUT2D eigenvalue weighted by Gasteiger charge is -2.64.